The van der Waals surface area contributed by atoms with Crippen LogP contribution in [0.25, 0.3) is 0 Å². The molecule has 0 radical (unpaired) electrons. The number of nitrogens with one attached hydrogen (secondary N) is 1. The van der Waals surface area contributed by atoms with Gasteiger partial charge in [-0.05, 0) is 23.6 Å². The Morgan fingerprint density at radius 2 is 1.50 bits per heavy atom. The van der Waals surface area contributed by atoms with Gasteiger partial charge in [-0.3, -0.25) is 4.79 Å². The van der Waals surface area contributed by atoms with Crippen LogP contribution in [0.5, 0.6) is 0 Å². The summed E-state index contributed by atoms with van der Waals surface area (Å²) in [6, 6.07) is 25.4. The summed E-state index contributed by atoms with van der Waals surface area (Å²) >= 11 is 0. The van der Waals surface area contributed by atoms with Crippen LogP contribution in [0.15, 0.2) is 90.0 Å². The van der Waals surface area contributed by atoms with E-state index in [-0.39, 0.29) is 0 Å². The highest BCUT2D eigenvalue weighted by Crippen LogP contribution is 2.29. The maximum atomic E-state index is 12.8. The minimum absolute atomic E-state index is 0.481. The summed E-state index contributed by atoms with van der Waals surface area (Å²) in [7, 11) is 0. The molecular formula is C22H20N2O2. The van der Waals surface area contributed by atoms with Gasteiger partial charge in [-0.2, -0.15) is 5.10 Å². The average Bonchev–Trinajstić information content (AvgIpc) is 2.68. The van der Waals surface area contributed by atoms with E-state index < -0.39 is 11.5 Å². The molecule has 0 aromatic heterocycles. The summed E-state index contributed by atoms with van der Waals surface area (Å²) in [6.07, 6.45) is 1.56. The van der Waals surface area contributed by atoms with Crippen molar-refractivity contribution in [3.8, 4) is 0 Å². The van der Waals surface area contributed by atoms with Crippen LogP contribution in [0, 0.1) is 6.92 Å². The number of carbonyl (C=O) groups excluding carboxylic acids is 1. The quantitative estimate of drug-likeness (QED) is 0.550. The molecule has 4 nitrogen and oxygen atoms in total. The van der Waals surface area contributed by atoms with Crippen molar-refractivity contribution in [3.05, 3.63) is 107 Å². The second-order valence-electron chi connectivity index (χ2n) is 6.06. The van der Waals surface area contributed by atoms with Gasteiger partial charge in [-0.25, -0.2) is 5.43 Å². The molecular weight excluding hydrogens is 324 g/mol. The fourth-order valence-corrected chi connectivity index (χ4v) is 2.78. The van der Waals surface area contributed by atoms with Crippen LogP contribution in [0.1, 0.15) is 22.3 Å². The Morgan fingerprint density at radius 1 is 0.923 bits per heavy atom. The van der Waals surface area contributed by atoms with E-state index in [1.807, 2.05) is 43.3 Å². The maximum Gasteiger partial charge on any atom is 0.281 e. The Bertz CT molecular complexity index is 866. The fourth-order valence-electron chi connectivity index (χ4n) is 2.78. The van der Waals surface area contributed by atoms with E-state index in [0.717, 1.165) is 11.1 Å². The van der Waals surface area contributed by atoms with Crippen LogP contribution in [-0.2, 0) is 10.4 Å². The molecule has 0 heterocycles. The first-order valence-electron chi connectivity index (χ1n) is 8.34. The van der Waals surface area contributed by atoms with E-state index in [1.165, 1.54) is 0 Å². The second kappa shape index (κ2) is 7.76. The van der Waals surface area contributed by atoms with Crippen molar-refractivity contribution in [1.29, 1.82) is 0 Å². The molecule has 4 heteroatoms. The number of hydrazone groups is 1. The second-order valence-corrected chi connectivity index (χ2v) is 6.06. The molecule has 1 amide bonds. The first kappa shape index (κ1) is 17.6. The monoisotopic (exact) mass is 344 g/mol. The lowest BCUT2D eigenvalue weighted by molar-refractivity contribution is -0.136. The molecule has 0 bridgehead atoms. The molecule has 3 rings (SSSR count). The van der Waals surface area contributed by atoms with E-state index in [9.17, 15) is 9.90 Å². The molecule has 2 N–H and O–H groups in total. The van der Waals surface area contributed by atoms with Gasteiger partial charge in [0, 0.05) is 0 Å². The summed E-state index contributed by atoms with van der Waals surface area (Å²) in [5.74, 6) is -0.612. The van der Waals surface area contributed by atoms with E-state index in [0.29, 0.717) is 11.1 Å². The summed E-state index contributed by atoms with van der Waals surface area (Å²) in [6.45, 7) is 1.99. The lowest BCUT2D eigenvalue weighted by Crippen LogP contribution is -2.43. The molecule has 130 valence electrons. The number of hydrogen-bond donors (Lipinski definition) is 2. The molecule has 0 unspecified atom stereocenters. The van der Waals surface area contributed by atoms with Crippen LogP contribution in [0.3, 0.4) is 0 Å². The number of aliphatic hydroxyl groups is 1. The molecule has 26 heavy (non-hydrogen) atoms. The van der Waals surface area contributed by atoms with Gasteiger partial charge >= 0.3 is 0 Å². The van der Waals surface area contributed by atoms with Gasteiger partial charge < -0.3 is 5.11 Å². The van der Waals surface area contributed by atoms with Crippen LogP contribution >= 0.6 is 0 Å². The Hall–Kier alpha value is -3.24. The lowest BCUT2D eigenvalue weighted by Gasteiger charge is -2.27. The highest BCUT2D eigenvalue weighted by atomic mass is 16.3. The van der Waals surface area contributed by atoms with E-state index in [2.05, 4.69) is 10.5 Å². The third-order valence-electron chi connectivity index (χ3n) is 4.13. The highest BCUT2D eigenvalue weighted by molar-refractivity contribution is 5.91. The number of aryl methyl sites for hydroxylation is 1. The fraction of sp³-hybridized carbons (Fsp3) is 0.0909. The summed E-state index contributed by atoms with van der Waals surface area (Å²) in [5.41, 5.74) is 3.57. The van der Waals surface area contributed by atoms with E-state index in [1.54, 1.807) is 54.7 Å². The zero-order chi connectivity index (χ0) is 18.4. The van der Waals surface area contributed by atoms with Crippen molar-refractivity contribution in [2.24, 2.45) is 5.10 Å². The Labute approximate surface area is 152 Å². The smallest absolute Gasteiger partial charge is 0.281 e. The van der Waals surface area contributed by atoms with Crippen LogP contribution in [0.2, 0.25) is 0 Å². The van der Waals surface area contributed by atoms with Crippen molar-refractivity contribution >= 4 is 12.1 Å². The minimum Gasteiger partial charge on any atom is -0.372 e. The first-order chi connectivity index (χ1) is 12.6. The number of rotatable bonds is 5. The SMILES string of the molecule is Cc1cccc(/C=N/NC(=O)C(O)(c2ccccc2)c2ccccc2)c1. The van der Waals surface area contributed by atoms with Gasteiger partial charge in [-0.1, -0.05) is 90.5 Å². The van der Waals surface area contributed by atoms with Crippen LogP contribution in [-0.4, -0.2) is 17.2 Å². The van der Waals surface area contributed by atoms with Crippen LogP contribution in [0.4, 0.5) is 0 Å². The highest BCUT2D eigenvalue weighted by Gasteiger charge is 2.39. The van der Waals surface area contributed by atoms with Crippen molar-refractivity contribution in [1.82, 2.24) is 5.43 Å². The molecule has 0 atom stereocenters. The van der Waals surface area contributed by atoms with Crippen LogP contribution < -0.4 is 5.43 Å². The molecule has 0 spiro atoms. The predicted octanol–water partition coefficient (Wildman–Crippen LogP) is 3.38. The van der Waals surface area contributed by atoms with Gasteiger partial charge in [0.05, 0.1) is 6.21 Å². The molecule has 3 aromatic rings. The number of carbonyl (C=O) groups is 1. The zero-order valence-electron chi connectivity index (χ0n) is 14.5. The summed E-state index contributed by atoms with van der Waals surface area (Å²) in [4.78, 5) is 12.8. The maximum absolute atomic E-state index is 12.8. The predicted molar refractivity (Wildman–Crippen MR) is 103 cm³/mol. The molecule has 0 fully saturated rings. The molecule has 0 aliphatic rings. The Balaban J connectivity index is 1.89. The zero-order valence-corrected chi connectivity index (χ0v) is 14.5. The third kappa shape index (κ3) is 3.71. The average molecular weight is 344 g/mol. The number of nitrogens with zero attached hydrogens (tertiary/aromatic N) is 1. The van der Waals surface area contributed by atoms with Gasteiger partial charge in [-0.15, -0.1) is 0 Å². The van der Waals surface area contributed by atoms with Gasteiger partial charge in [0.1, 0.15) is 0 Å². The van der Waals surface area contributed by atoms with Crippen molar-refractivity contribution in [2.45, 2.75) is 12.5 Å². The topological polar surface area (TPSA) is 61.7 Å². The van der Waals surface area contributed by atoms with Crippen molar-refractivity contribution < 1.29 is 9.90 Å². The first-order valence-corrected chi connectivity index (χ1v) is 8.34. The van der Waals surface area contributed by atoms with Gasteiger partial charge in [0.25, 0.3) is 5.91 Å². The van der Waals surface area contributed by atoms with Gasteiger partial charge in [0.15, 0.2) is 5.60 Å². The minimum atomic E-state index is -1.83. The Morgan fingerprint density at radius 3 is 2.04 bits per heavy atom. The number of amides is 1. The molecule has 0 aliphatic heterocycles. The van der Waals surface area contributed by atoms with Crippen molar-refractivity contribution in [3.63, 3.8) is 0 Å². The standard InChI is InChI=1S/C22H20N2O2/c1-17-9-8-10-18(15-17)16-23-24-21(25)22(26,19-11-4-2-5-12-19)20-13-6-3-7-14-20/h2-16,26H,1H3,(H,24,25)/b23-16+. The molecule has 0 saturated carbocycles. The normalized spacial score (nSPS) is 11.5. The molecule has 0 saturated heterocycles. The summed E-state index contributed by atoms with van der Waals surface area (Å²) < 4.78 is 0. The number of benzene rings is 3. The Kier molecular flexibility index (Phi) is 5.25. The number of hydrogen-bond acceptors (Lipinski definition) is 3. The van der Waals surface area contributed by atoms with Gasteiger partial charge in [0.2, 0.25) is 0 Å². The largest absolute Gasteiger partial charge is 0.372 e. The molecule has 3 aromatic carbocycles. The summed E-state index contributed by atoms with van der Waals surface area (Å²) in [5, 5.41) is 15.3. The van der Waals surface area contributed by atoms with E-state index in [4.69, 9.17) is 0 Å². The lowest BCUT2D eigenvalue weighted by atomic mass is 9.85. The van der Waals surface area contributed by atoms with E-state index >= 15 is 0 Å². The molecule has 0 aliphatic carbocycles. The van der Waals surface area contributed by atoms with Crippen molar-refractivity contribution in [2.75, 3.05) is 0 Å². The third-order valence-corrected chi connectivity index (χ3v) is 4.13.